The van der Waals surface area contributed by atoms with Crippen LogP contribution in [-0.2, 0) is 24.6 Å². The first kappa shape index (κ1) is 32.4. The molecule has 1 saturated carbocycles. The quantitative estimate of drug-likeness (QED) is 0.309. The van der Waals surface area contributed by atoms with Crippen LogP contribution >= 0.6 is 0 Å². The number of ether oxygens (including phenoxy) is 2. The van der Waals surface area contributed by atoms with Crippen LogP contribution in [0.4, 0.5) is 0 Å². The molecule has 2 saturated heterocycles. The molecule has 1 aliphatic carbocycles. The van der Waals surface area contributed by atoms with Crippen molar-refractivity contribution in [3.63, 3.8) is 0 Å². The number of piperidine rings is 1. The summed E-state index contributed by atoms with van der Waals surface area (Å²) in [6, 6.07) is 19.6. The number of nitrogens with zero attached hydrogens (tertiary/aromatic N) is 1. The lowest BCUT2D eigenvalue weighted by Gasteiger charge is -2.38. The van der Waals surface area contributed by atoms with Gasteiger partial charge < -0.3 is 19.9 Å². The zero-order chi connectivity index (χ0) is 31.5. The van der Waals surface area contributed by atoms with Gasteiger partial charge in [-0.2, -0.15) is 4.31 Å². The number of rotatable bonds is 11. The average molecular weight is 657 g/mol. The van der Waals surface area contributed by atoms with E-state index in [0.29, 0.717) is 49.7 Å². The molecule has 0 bridgehead atoms. The van der Waals surface area contributed by atoms with Crippen molar-refractivity contribution in [2.75, 3.05) is 38.6 Å². The molecule has 3 fully saturated rings. The predicted octanol–water partition coefficient (Wildman–Crippen LogP) is 4.54. The van der Waals surface area contributed by atoms with Crippen molar-refractivity contribution in [1.29, 1.82) is 0 Å². The van der Waals surface area contributed by atoms with Crippen LogP contribution in [0.25, 0.3) is 10.8 Å². The van der Waals surface area contributed by atoms with Crippen LogP contribution in [0.1, 0.15) is 51.4 Å². The number of benzene rings is 3. The zero-order valence-electron chi connectivity index (χ0n) is 25.6. The van der Waals surface area contributed by atoms with Gasteiger partial charge in [0.1, 0.15) is 18.5 Å². The van der Waals surface area contributed by atoms with Gasteiger partial charge in [-0.05, 0) is 79.1 Å². The van der Waals surface area contributed by atoms with Crippen LogP contribution in [0, 0.1) is 5.92 Å². The van der Waals surface area contributed by atoms with E-state index in [1.807, 2.05) is 30.3 Å². The second kappa shape index (κ2) is 13.7. The molecule has 2 atom stereocenters. The Kier molecular flexibility index (Phi) is 9.84. The third-order valence-corrected chi connectivity index (χ3v) is 13.4. The summed E-state index contributed by atoms with van der Waals surface area (Å²) in [7, 11) is -7.00. The third-order valence-electron chi connectivity index (χ3n) is 9.63. The van der Waals surface area contributed by atoms with E-state index in [-0.39, 0.29) is 34.8 Å². The molecule has 244 valence electrons. The third kappa shape index (κ3) is 7.72. The maximum atomic E-state index is 13.4. The fourth-order valence-corrected chi connectivity index (χ4v) is 10.2. The van der Waals surface area contributed by atoms with Crippen molar-refractivity contribution >= 4 is 30.6 Å². The highest BCUT2D eigenvalue weighted by atomic mass is 32.2. The van der Waals surface area contributed by atoms with Gasteiger partial charge in [0.25, 0.3) is 0 Å². The fourth-order valence-electron chi connectivity index (χ4n) is 7.01. The van der Waals surface area contributed by atoms with Crippen LogP contribution in [0.2, 0.25) is 0 Å². The van der Waals surface area contributed by atoms with E-state index in [0.717, 1.165) is 42.9 Å². The minimum absolute atomic E-state index is 0.0272. The van der Waals surface area contributed by atoms with Gasteiger partial charge in [-0.15, -0.1) is 0 Å². The Balaban J connectivity index is 0.951. The largest absolute Gasteiger partial charge is 0.491 e. The highest BCUT2D eigenvalue weighted by Crippen LogP contribution is 2.37. The Morgan fingerprint density at radius 2 is 1.67 bits per heavy atom. The monoisotopic (exact) mass is 656 g/mol. The Morgan fingerprint density at radius 1 is 0.911 bits per heavy atom. The molecule has 2 heterocycles. The molecule has 0 amide bonds. The molecule has 1 spiro atoms. The van der Waals surface area contributed by atoms with E-state index in [9.17, 15) is 21.9 Å². The summed E-state index contributed by atoms with van der Waals surface area (Å²) >= 11 is 0. The lowest BCUT2D eigenvalue weighted by atomic mass is 9.88. The highest BCUT2D eigenvalue weighted by molar-refractivity contribution is 7.91. The lowest BCUT2D eigenvalue weighted by molar-refractivity contribution is -0.0312. The molecule has 2 N–H and O–H groups in total. The molecule has 3 aromatic carbocycles. The van der Waals surface area contributed by atoms with E-state index in [1.165, 1.54) is 6.42 Å². The standard InChI is InChI=1S/C34H44N2O7S2/c37-30(24-42-31-11-6-12-32(20-31)44(38,39)25-26-7-2-1-3-8-26)22-35-29-21-34(43-23-29)15-17-36(18-16-34)45(40,41)33-14-13-27-9-4-5-10-28(27)19-33/h4-6,9-14,19-20,26,29-30,35,37H,1-3,7-8,15-18,21-25H2/t29?,30-/m0/s1. The Bertz CT molecular complexity index is 1680. The maximum absolute atomic E-state index is 13.4. The summed E-state index contributed by atoms with van der Waals surface area (Å²) in [5, 5.41) is 15.9. The number of aliphatic hydroxyl groups excluding tert-OH is 1. The molecule has 3 aromatic rings. The van der Waals surface area contributed by atoms with Crippen LogP contribution in [-0.4, -0.2) is 82.6 Å². The smallest absolute Gasteiger partial charge is 0.243 e. The lowest BCUT2D eigenvalue weighted by Crippen LogP contribution is -2.47. The number of sulfonamides is 1. The summed E-state index contributed by atoms with van der Waals surface area (Å²) in [4.78, 5) is 0.579. The van der Waals surface area contributed by atoms with Gasteiger partial charge in [0.05, 0.1) is 27.8 Å². The summed E-state index contributed by atoms with van der Waals surface area (Å²) in [6.45, 7) is 1.61. The van der Waals surface area contributed by atoms with Crippen LogP contribution in [0.3, 0.4) is 0 Å². The van der Waals surface area contributed by atoms with Crippen molar-refractivity contribution in [3.8, 4) is 5.75 Å². The first-order valence-corrected chi connectivity index (χ1v) is 19.2. The molecule has 2 aliphatic heterocycles. The number of sulfone groups is 1. The summed E-state index contributed by atoms with van der Waals surface area (Å²) in [5.41, 5.74) is -0.377. The number of fused-ring (bicyclic) bond motifs is 1. The molecular formula is C34H44N2O7S2. The normalized spacial score (nSPS) is 22.1. The van der Waals surface area contributed by atoms with Gasteiger partial charge in [0, 0.05) is 25.7 Å². The van der Waals surface area contributed by atoms with Crippen molar-refractivity contribution in [2.45, 2.75) is 78.9 Å². The fraction of sp³-hybridized carbons (Fsp3) is 0.529. The van der Waals surface area contributed by atoms with Crippen LogP contribution in [0.15, 0.2) is 76.5 Å². The minimum Gasteiger partial charge on any atom is -0.491 e. The zero-order valence-corrected chi connectivity index (χ0v) is 27.3. The second-order valence-corrected chi connectivity index (χ2v) is 16.9. The molecule has 0 aromatic heterocycles. The van der Waals surface area contributed by atoms with Crippen LogP contribution in [0.5, 0.6) is 5.75 Å². The summed E-state index contributed by atoms with van der Waals surface area (Å²) < 4.78 is 66.3. The van der Waals surface area contributed by atoms with Crippen molar-refractivity contribution in [2.24, 2.45) is 5.92 Å². The Hall–Kier alpha value is -2.54. The molecule has 11 heteroatoms. The molecule has 9 nitrogen and oxygen atoms in total. The van der Waals surface area contributed by atoms with Crippen molar-refractivity contribution in [1.82, 2.24) is 9.62 Å². The minimum atomic E-state index is -3.60. The van der Waals surface area contributed by atoms with E-state index in [1.54, 1.807) is 40.7 Å². The van der Waals surface area contributed by atoms with Gasteiger partial charge in [0.15, 0.2) is 9.84 Å². The highest BCUT2D eigenvalue weighted by Gasteiger charge is 2.44. The summed E-state index contributed by atoms with van der Waals surface area (Å²) in [6.07, 6.45) is 6.49. The number of hydrogen-bond donors (Lipinski definition) is 2. The SMILES string of the molecule is O=S(=O)(CC1CCCCC1)c1cccc(OC[C@@H](O)CNC2COC3(CCN(S(=O)(=O)c4ccc5ccccc5c4)CC3)C2)c1. The van der Waals surface area contributed by atoms with Gasteiger partial charge in [0.2, 0.25) is 10.0 Å². The van der Waals surface area contributed by atoms with Gasteiger partial charge in [-0.1, -0.05) is 55.7 Å². The van der Waals surface area contributed by atoms with E-state index >= 15 is 0 Å². The predicted molar refractivity (Wildman–Crippen MR) is 174 cm³/mol. The Morgan fingerprint density at radius 3 is 2.44 bits per heavy atom. The maximum Gasteiger partial charge on any atom is 0.243 e. The molecule has 0 radical (unpaired) electrons. The Labute approximate surface area is 266 Å². The summed E-state index contributed by atoms with van der Waals surface area (Å²) in [5.74, 6) is 0.815. The average Bonchev–Trinajstić information content (AvgIpc) is 3.45. The molecule has 45 heavy (non-hydrogen) atoms. The second-order valence-electron chi connectivity index (χ2n) is 12.9. The van der Waals surface area contributed by atoms with Gasteiger partial charge in [-0.3, -0.25) is 0 Å². The van der Waals surface area contributed by atoms with E-state index in [2.05, 4.69) is 5.32 Å². The topological polar surface area (TPSA) is 122 Å². The molecule has 3 aliphatic rings. The first-order valence-electron chi connectivity index (χ1n) is 16.1. The molecular weight excluding hydrogens is 613 g/mol. The number of aliphatic hydroxyl groups is 1. The number of hydrogen-bond acceptors (Lipinski definition) is 8. The van der Waals surface area contributed by atoms with Crippen LogP contribution < -0.4 is 10.1 Å². The van der Waals surface area contributed by atoms with Crippen molar-refractivity contribution in [3.05, 3.63) is 66.7 Å². The van der Waals surface area contributed by atoms with E-state index < -0.39 is 26.0 Å². The van der Waals surface area contributed by atoms with E-state index in [4.69, 9.17) is 9.47 Å². The van der Waals surface area contributed by atoms with Gasteiger partial charge >= 0.3 is 0 Å². The molecule has 1 unspecified atom stereocenters. The van der Waals surface area contributed by atoms with Gasteiger partial charge in [-0.25, -0.2) is 16.8 Å². The number of nitrogens with one attached hydrogen (secondary N) is 1. The first-order chi connectivity index (χ1) is 21.6. The molecule has 6 rings (SSSR count). The van der Waals surface area contributed by atoms with Crippen molar-refractivity contribution < 1.29 is 31.4 Å².